The number of nitrogens with one attached hydrogen (secondary N) is 1. The fraction of sp³-hybridized carbons (Fsp3) is 1.00. The van der Waals surface area contributed by atoms with Crippen LogP contribution in [0.3, 0.4) is 0 Å². The molecule has 0 radical (unpaired) electrons. The first kappa shape index (κ1) is 17.9. The maximum absolute atomic E-state index is 5.97. The average Bonchev–Trinajstić information content (AvgIpc) is 2.38. The topological polar surface area (TPSA) is 21.3 Å². The molecule has 110 valence electrons. The lowest BCUT2D eigenvalue weighted by Gasteiger charge is -2.21. The van der Waals surface area contributed by atoms with Gasteiger partial charge in [0.2, 0.25) is 0 Å². The van der Waals surface area contributed by atoms with Crippen molar-refractivity contribution in [2.45, 2.75) is 91.2 Å². The van der Waals surface area contributed by atoms with Crippen LogP contribution in [0, 0.1) is 0 Å². The van der Waals surface area contributed by atoms with Crippen molar-refractivity contribution in [3.8, 4) is 0 Å². The first-order valence-electron chi connectivity index (χ1n) is 8.09. The molecule has 0 saturated heterocycles. The molecule has 1 N–H and O–H groups in total. The van der Waals surface area contributed by atoms with E-state index in [1.165, 1.54) is 51.4 Å². The van der Waals surface area contributed by atoms with Crippen LogP contribution in [0.4, 0.5) is 0 Å². The van der Waals surface area contributed by atoms with E-state index in [4.69, 9.17) is 4.74 Å². The van der Waals surface area contributed by atoms with Crippen molar-refractivity contribution in [3.63, 3.8) is 0 Å². The second-order valence-electron chi connectivity index (χ2n) is 5.43. The van der Waals surface area contributed by atoms with Gasteiger partial charge in [0, 0.05) is 6.04 Å². The predicted octanol–water partition coefficient (Wildman–Crippen LogP) is 4.53. The van der Waals surface area contributed by atoms with Crippen molar-refractivity contribution in [2.75, 3.05) is 13.2 Å². The third-order valence-electron chi connectivity index (χ3n) is 3.37. The van der Waals surface area contributed by atoms with E-state index in [-0.39, 0.29) is 0 Å². The summed E-state index contributed by atoms with van der Waals surface area (Å²) in [7, 11) is 0. The predicted molar refractivity (Wildman–Crippen MR) is 81.2 cm³/mol. The lowest BCUT2D eigenvalue weighted by atomic mass is 10.1. The number of rotatable bonds is 13. The number of hydrogen-bond donors (Lipinski definition) is 1. The Labute approximate surface area is 115 Å². The first-order chi connectivity index (χ1) is 8.74. The van der Waals surface area contributed by atoms with Crippen LogP contribution in [0.2, 0.25) is 0 Å². The van der Waals surface area contributed by atoms with Crippen LogP contribution in [0.15, 0.2) is 0 Å². The molecule has 0 fully saturated rings. The fourth-order valence-corrected chi connectivity index (χ4v) is 2.16. The maximum atomic E-state index is 5.97. The molecule has 0 spiro atoms. The summed E-state index contributed by atoms with van der Waals surface area (Å²) in [6.07, 6.45) is 10.6. The van der Waals surface area contributed by atoms with E-state index < -0.39 is 0 Å². The molecule has 0 bridgehead atoms. The Morgan fingerprint density at radius 3 is 2.28 bits per heavy atom. The molecule has 2 atom stereocenters. The second kappa shape index (κ2) is 13.4. The third kappa shape index (κ3) is 11.0. The summed E-state index contributed by atoms with van der Waals surface area (Å²) in [6.45, 7) is 10.9. The molecule has 0 saturated carbocycles. The third-order valence-corrected chi connectivity index (χ3v) is 3.37. The Balaban J connectivity index is 3.60. The molecular formula is C16H35NO. The second-order valence-corrected chi connectivity index (χ2v) is 5.43. The van der Waals surface area contributed by atoms with E-state index in [1.807, 2.05) is 0 Å². The van der Waals surface area contributed by atoms with Gasteiger partial charge < -0.3 is 10.1 Å². The maximum Gasteiger partial charge on any atom is 0.0623 e. The average molecular weight is 257 g/mol. The van der Waals surface area contributed by atoms with Crippen LogP contribution in [-0.4, -0.2) is 25.3 Å². The molecule has 0 aromatic carbocycles. The van der Waals surface area contributed by atoms with Gasteiger partial charge in [0.1, 0.15) is 0 Å². The van der Waals surface area contributed by atoms with Gasteiger partial charge >= 0.3 is 0 Å². The monoisotopic (exact) mass is 257 g/mol. The van der Waals surface area contributed by atoms with Crippen molar-refractivity contribution in [2.24, 2.45) is 0 Å². The molecule has 2 unspecified atom stereocenters. The van der Waals surface area contributed by atoms with Gasteiger partial charge in [-0.3, -0.25) is 0 Å². The quantitative estimate of drug-likeness (QED) is 0.489. The van der Waals surface area contributed by atoms with Gasteiger partial charge in [0.25, 0.3) is 0 Å². The Morgan fingerprint density at radius 2 is 1.67 bits per heavy atom. The summed E-state index contributed by atoms with van der Waals surface area (Å²) in [5.74, 6) is 0. The van der Waals surface area contributed by atoms with Crippen molar-refractivity contribution < 1.29 is 4.74 Å². The van der Waals surface area contributed by atoms with E-state index in [9.17, 15) is 0 Å². The highest BCUT2D eigenvalue weighted by Crippen LogP contribution is 2.09. The molecule has 0 aromatic rings. The number of ether oxygens (including phenoxy) is 1. The molecule has 0 aliphatic rings. The molecule has 2 heteroatoms. The van der Waals surface area contributed by atoms with Crippen LogP contribution >= 0.6 is 0 Å². The van der Waals surface area contributed by atoms with Crippen LogP contribution in [0.5, 0.6) is 0 Å². The normalized spacial score (nSPS) is 14.7. The van der Waals surface area contributed by atoms with Crippen LogP contribution in [0.25, 0.3) is 0 Å². The molecule has 0 aliphatic heterocycles. The lowest BCUT2D eigenvalue weighted by Crippen LogP contribution is -2.35. The standard InChI is InChI=1S/C16H35NO/c1-5-8-9-10-12-15(4)18-14-16(11-6-2)17-13-7-3/h15-17H,5-14H2,1-4H3. The van der Waals surface area contributed by atoms with Gasteiger partial charge in [-0.1, -0.05) is 52.9 Å². The highest BCUT2D eigenvalue weighted by Gasteiger charge is 2.09. The van der Waals surface area contributed by atoms with Gasteiger partial charge in [-0.2, -0.15) is 0 Å². The van der Waals surface area contributed by atoms with Gasteiger partial charge in [0.05, 0.1) is 12.7 Å². The zero-order valence-corrected chi connectivity index (χ0v) is 13.1. The van der Waals surface area contributed by atoms with E-state index in [0.717, 1.165) is 13.2 Å². The highest BCUT2D eigenvalue weighted by atomic mass is 16.5. The molecule has 0 rings (SSSR count). The SMILES string of the molecule is CCCCCCC(C)OCC(CCC)NCCC. The smallest absolute Gasteiger partial charge is 0.0623 e. The van der Waals surface area contributed by atoms with E-state index >= 15 is 0 Å². The zero-order valence-electron chi connectivity index (χ0n) is 13.1. The minimum atomic E-state index is 0.421. The zero-order chi connectivity index (χ0) is 13.6. The van der Waals surface area contributed by atoms with Gasteiger partial charge in [-0.05, 0) is 32.7 Å². The van der Waals surface area contributed by atoms with Gasteiger partial charge in [-0.25, -0.2) is 0 Å². The minimum absolute atomic E-state index is 0.421. The summed E-state index contributed by atoms with van der Waals surface area (Å²) < 4.78 is 5.97. The molecule has 0 heterocycles. The number of hydrogen-bond acceptors (Lipinski definition) is 2. The van der Waals surface area contributed by atoms with Crippen LogP contribution in [0.1, 0.15) is 79.1 Å². The summed E-state index contributed by atoms with van der Waals surface area (Å²) in [5, 5.41) is 3.58. The number of unbranched alkanes of at least 4 members (excludes halogenated alkanes) is 3. The summed E-state index contributed by atoms with van der Waals surface area (Å²) in [5.41, 5.74) is 0. The largest absolute Gasteiger partial charge is 0.377 e. The van der Waals surface area contributed by atoms with Crippen molar-refractivity contribution in [1.29, 1.82) is 0 Å². The van der Waals surface area contributed by atoms with E-state index in [1.54, 1.807) is 0 Å². The van der Waals surface area contributed by atoms with Crippen LogP contribution in [-0.2, 0) is 4.74 Å². The van der Waals surface area contributed by atoms with Crippen molar-refractivity contribution in [1.82, 2.24) is 5.32 Å². The molecule has 0 amide bonds. The summed E-state index contributed by atoms with van der Waals surface area (Å²) >= 11 is 0. The van der Waals surface area contributed by atoms with Gasteiger partial charge in [-0.15, -0.1) is 0 Å². The molecule has 0 aliphatic carbocycles. The highest BCUT2D eigenvalue weighted by molar-refractivity contribution is 4.66. The molecular weight excluding hydrogens is 222 g/mol. The minimum Gasteiger partial charge on any atom is -0.377 e. The Morgan fingerprint density at radius 1 is 0.889 bits per heavy atom. The first-order valence-corrected chi connectivity index (χ1v) is 8.09. The summed E-state index contributed by atoms with van der Waals surface area (Å²) in [6, 6.07) is 0.549. The molecule has 0 aromatic heterocycles. The Hall–Kier alpha value is -0.0800. The molecule has 18 heavy (non-hydrogen) atoms. The summed E-state index contributed by atoms with van der Waals surface area (Å²) in [4.78, 5) is 0. The Kier molecular flexibility index (Phi) is 13.3. The van der Waals surface area contributed by atoms with E-state index in [2.05, 4.69) is 33.0 Å². The van der Waals surface area contributed by atoms with Crippen molar-refractivity contribution >= 4 is 0 Å². The molecule has 2 nitrogen and oxygen atoms in total. The van der Waals surface area contributed by atoms with Gasteiger partial charge in [0.15, 0.2) is 0 Å². The Bertz CT molecular complexity index is 161. The lowest BCUT2D eigenvalue weighted by molar-refractivity contribution is 0.0415. The van der Waals surface area contributed by atoms with Crippen molar-refractivity contribution in [3.05, 3.63) is 0 Å². The van der Waals surface area contributed by atoms with Crippen LogP contribution < -0.4 is 5.32 Å². The fourth-order valence-electron chi connectivity index (χ4n) is 2.16. The van der Waals surface area contributed by atoms with E-state index in [0.29, 0.717) is 12.1 Å².